The molecule has 0 aliphatic carbocycles. The van der Waals surface area contributed by atoms with E-state index in [0.29, 0.717) is 0 Å². The average Bonchev–Trinajstić information content (AvgIpc) is 2.45. The van der Waals surface area contributed by atoms with E-state index in [1.165, 1.54) is 12.1 Å². The van der Waals surface area contributed by atoms with Gasteiger partial charge in [-0.05, 0) is 19.1 Å². The molecule has 1 aromatic rings. The Morgan fingerprint density at radius 2 is 1.62 bits per heavy atom. The van der Waals surface area contributed by atoms with Crippen LogP contribution in [-0.2, 0) is 14.6 Å². The van der Waals surface area contributed by atoms with Crippen molar-refractivity contribution in [2.24, 2.45) is 0 Å². The van der Waals surface area contributed by atoms with Crippen LogP contribution in [0.2, 0.25) is 0 Å². The van der Waals surface area contributed by atoms with E-state index < -0.39 is 46.3 Å². The van der Waals surface area contributed by atoms with Crippen molar-refractivity contribution < 1.29 is 33.6 Å². The number of aliphatic hydroxyl groups excluding tert-OH is 4. The zero-order valence-electron chi connectivity index (χ0n) is 11.3. The highest BCUT2D eigenvalue weighted by Crippen LogP contribution is 2.28. The van der Waals surface area contributed by atoms with E-state index in [2.05, 4.69) is 0 Å². The molecule has 0 radical (unpaired) electrons. The molecule has 1 aliphatic rings. The van der Waals surface area contributed by atoms with Crippen LogP contribution in [0.1, 0.15) is 5.56 Å². The van der Waals surface area contributed by atoms with Crippen LogP contribution < -0.4 is 0 Å². The number of aliphatic hydroxyl groups is 4. The summed E-state index contributed by atoms with van der Waals surface area (Å²) in [6.45, 7) is 1.12. The number of ether oxygens (including phenoxy) is 1. The molecule has 0 saturated carbocycles. The summed E-state index contributed by atoms with van der Waals surface area (Å²) >= 11 is 0. The molecule has 5 atom stereocenters. The van der Waals surface area contributed by atoms with Gasteiger partial charge >= 0.3 is 0 Å². The lowest BCUT2D eigenvalue weighted by molar-refractivity contribution is -0.207. The first kappa shape index (κ1) is 16.3. The minimum atomic E-state index is -4.08. The fourth-order valence-electron chi connectivity index (χ4n) is 2.19. The Kier molecular flexibility index (Phi) is 4.66. The van der Waals surface area contributed by atoms with Gasteiger partial charge in [-0.15, -0.1) is 0 Å². The average molecular weight is 318 g/mol. The molecule has 1 aliphatic heterocycles. The maximum atomic E-state index is 12.5. The van der Waals surface area contributed by atoms with Crippen LogP contribution in [0.5, 0.6) is 0 Å². The molecule has 4 N–H and O–H groups in total. The summed E-state index contributed by atoms with van der Waals surface area (Å²) < 4.78 is 30.0. The molecule has 1 heterocycles. The normalized spacial score (nSPS) is 33.9. The molecule has 1 fully saturated rings. The first-order valence-corrected chi connectivity index (χ1v) is 7.94. The predicted molar refractivity (Wildman–Crippen MR) is 72.1 cm³/mol. The minimum Gasteiger partial charge on any atom is -0.394 e. The van der Waals surface area contributed by atoms with E-state index >= 15 is 0 Å². The Bertz CT molecular complexity index is 581. The first-order chi connectivity index (χ1) is 9.78. The lowest BCUT2D eigenvalue weighted by Crippen LogP contribution is -2.60. The summed E-state index contributed by atoms with van der Waals surface area (Å²) in [5.41, 5.74) is -0.890. The van der Waals surface area contributed by atoms with Crippen LogP contribution in [0.25, 0.3) is 0 Å². The Hall–Kier alpha value is -1.03. The van der Waals surface area contributed by atoms with Gasteiger partial charge in [0.1, 0.15) is 24.4 Å². The Morgan fingerprint density at radius 3 is 2.14 bits per heavy atom. The highest BCUT2D eigenvalue weighted by atomic mass is 32.2. The van der Waals surface area contributed by atoms with Gasteiger partial charge in [-0.3, -0.25) is 0 Å². The van der Waals surface area contributed by atoms with Gasteiger partial charge in [0.2, 0.25) is 9.84 Å². The molecule has 1 saturated heterocycles. The number of aryl methyl sites for hydroxylation is 1. The molecule has 0 aromatic heterocycles. The highest BCUT2D eigenvalue weighted by molar-refractivity contribution is 7.92. The summed E-state index contributed by atoms with van der Waals surface area (Å²) in [5, 5.41) is 38.3. The Balaban J connectivity index is 2.36. The summed E-state index contributed by atoms with van der Waals surface area (Å²) in [4.78, 5) is -0.0718. The third-order valence-electron chi connectivity index (χ3n) is 3.50. The SMILES string of the molecule is Cc1ccc(S(=O)(=O)[C@@H]2O[C@@H](CO)[C@@H](O)[C@@H](O)[C@@H]2O)cc1. The van der Waals surface area contributed by atoms with Crippen molar-refractivity contribution in [2.75, 3.05) is 6.61 Å². The lowest BCUT2D eigenvalue weighted by Gasteiger charge is -2.39. The van der Waals surface area contributed by atoms with Crippen LogP contribution >= 0.6 is 0 Å². The number of rotatable bonds is 3. The van der Waals surface area contributed by atoms with Crippen LogP contribution in [0.15, 0.2) is 29.2 Å². The Morgan fingerprint density at radius 1 is 1.05 bits per heavy atom. The molecule has 1 aromatic carbocycles. The lowest BCUT2D eigenvalue weighted by atomic mass is 10.0. The van der Waals surface area contributed by atoms with E-state index in [1.807, 2.05) is 0 Å². The predicted octanol–water partition coefficient (Wildman–Crippen LogP) is -1.43. The van der Waals surface area contributed by atoms with Gasteiger partial charge in [-0.1, -0.05) is 17.7 Å². The first-order valence-electron chi connectivity index (χ1n) is 6.40. The molecule has 0 unspecified atom stereocenters. The molecular weight excluding hydrogens is 300 g/mol. The molecule has 0 spiro atoms. The molecular formula is C13H18O7S. The van der Waals surface area contributed by atoms with E-state index in [0.717, 1.165) is 5.56 Å². The zero-order valence-corrected chi connectivity index (χ0v) is 12.1. The number of sulfone groups is 1. The molecule has 7 nitrogen and oxygen atoms in total. The second-order valence-corrected chi connectivity index (χ2v) is 7.08. The van der Waals surface area contributed by atoms with Gasteiger partial charge in [0, 0.05) is 0 Å². The van der Waals surface area contributed by atoms with Crippen LogP contribution in [0.3, 0.4) is 0 Å². The fraction of sp³-hybridized carbons (Fsp3) is 0.538. The largest absolute Gasteiger partial charge is 0.394 e. The van der Waals surface area contributed by atoms with Crippen LogP contribution in [0.4, 0.5) is 0 Å². The molecule has 0 bridgehead atoms. The van der Waals surface area contributed by atoms with Gasteiger partial charge in [-0.2, -0.15) is 0 Å². The van der Waals surface area contributed by atoms with Crippen LogP contribution in [-0.4, -0.2) is 65.3 Å². The van der Waals surface area contributed by atoms with Gasteiger partial charge in [0.25, 0.3) is 0 Å². The third-order valence-corrected chi connectivity index (χ3v) is 5.43. The quantitative estimate of drug-likeness (QED) is 0.538. The Labute approximate surface area is 122 Å². The van der Waals surface area contributed by atoms with Gasteiger partial charge in [-0.25, -0.2) is 8.42 Å². The van der Waals surface area contributed by atoms with Gasteiger partial charge in [0.05, 0.1) is 11.5 Å². The highest BCUT2D eigenvalue weighted by Gasteiger charge is 2.49. The maximum Gasteiger partial charge on any atom is 0.207 e. The topological polar surface area (TPSA) is 124 Å². The second kappa shape index (κ2) is 5.99. The summed E-state index contributed by atoms with van der Waals surface area (Å²) in [6, 6.07) is 5.92. The summed E-state index contributed by atoms with van der Waals surface area (Å²) in [6.07, 6.45) is -6.38. The van der Waals surface area contributed by atoms with E-state index in [1.54, 1.807) is 19.1 Å². The van der Waals surface area contributed by atoms with Gasteiger partial charge < -0.3 is 25.2 Å². The number of benzene rings is 1. The molecule has 2 rings (SSSR count). The molecule has 21 heavy (non-hydrogen) atoms. The molecule has 8 heteroatoms. The second-order valence-electron chi connectivity index (χ2n) is 5.06. The molecule has 0 amide bonds. The summed E-state index contributed by atoms with van der Waals surface area (Å²) in [5.74, 6) is 0. The van der Waals surface area contributed by atoms with Gasteiger partial charge in [0.15, 0.2) is 5.44 Å². The van der Waals surface area contributed by atoms with E-state index in [-0.39, 0.29) is 4.90 Å². The van der Waals surface area contributed by atoms with Crippen molar-refractivity contribution in [1.29, 1.82) is 0 Å². The fourth-order valence-corrected chi connectivity index (χ4v) is 3.79. The van der Waals surface area contributed by atoms with Crippen molar-refractivity contribution in [1.82, 2.24) is 0 Å². The molecule has 118 valence electrons. The van der Waals surface area contributed by atoms with Crippen molar-refractivity contribution in [2.45, 2.75) is 41.7 Å². The van der Waals surface area contributed by atoms with Crippen molar-refractivity contribution in [3.05, 3.63) is 29.8 Å². The van der Waals surface area contributed by atoms with E-state index in [9.17, 15) is 23.7 Å². The van der Waals surface area contributed by atoms with Crippen molar-refractivity contribution in [3.63, 3.8) is 0 Å². The number of hydrogen-bond acceptors (Lipinski definition) is 7. The zero-order chi connectivity index (χ0) is 15.8. The van der Waals surface area contributed by atoms with Crippen molar-refractivity contribution >= 4 is 9.84 Å². The monoisotopic (exact) mass is 318 g/mol. The summed E-state index contributed by atoms with van der Waals surface area (Å²) in [7, 11) is -4.08. The maximum absolute atomic E-state index is 12.5. The van der Waals surface area contributed by atoms with E-state index in [4.69, 9.17) is 9.84 Å². The minimum absolute atomic E-state index is 0.0718. The standard InChI is InChI=1S/C13H18O7S/c1-7-2-4-8(5-3-7)21(18,19)13-12(17)11(16)10(15)9(6-14)20-13/h2-5,9-17H,6H2,1H3/t9-,10+,11+,12-,13-/m0/s1. The van der Waals surface area contributed by atoms with Crippen molar-refractivity contribution in [3.8, 4) is 0 Å². The smallest absolute Gasteiger partial charge is 0.207 e. The third kappa shape index (κ3) is 2.96. The van der Waals surface area contributed by atoms with Crippen LogP contribution in [0, 0.1) is 6.92 Å². The number of hydrogen-bond donors (Lipinski definition) is 4.